The molecule has 2 bridgehead atoms. The van der Waals surface area contributed by atoms with Crippen molar-refractivity contribution in [3.63, 3.8) is 0 Å². The number of carbonyl (C=O) groups excluding carboxylic acids is 1. The molecule has 2 aliphatic heterocycles. The summed E-state index contributed by atoms with van der Waals surface area (Å²) in [6.45, 7) is 1.45. The van der Waals surface area contributed by atoms with Crippen molar-refractivity contribution >= 4 is 5.97 Å². The standard InChI is InChI=1S/C17H23NO3/c1-11(19)21-15-10-13-8-9-14(18(13)2)16(15)17(20)12-6-4-3-5-7-12/h3-7,13-17,20H,8-10H2,1-2H3/t13-,14+,15+,16?,17?/m0/s1. The summed E-state index contributed by atoms with van der Waals surface area (Å²) >= 11 is 0. The van der Waals surface area contributed by atoms with Gasteiger partial charge in [-0.2, -0.15) is 0 Å². The Balaban J connectivity index is 1.88. The Kier molecular flexibility index (Phi) is 4.00. The maximum absolute atomic E-state index is 11.4. The number of hydrogen-bond donors (Lipinski definition) is 1. The van der Waals surface area contributed by atoms with Gasteiger partial charge in [-0.3, -0.25) is 9.69 Å². The van der Waals surface area contributed by atoms with Gasteiger partial charge < -0.3 is 9.84 Å². The molecule has 0 aromatic heterocycles. The van der Waals surface area contributed by atoms with E-state index in [1.54, 1.807) is 0 Å². The van der Waals surface area contributed by atoms with Gasteiger partial charge in [0.05, 0.1) is 6.10 Å². The van der Waals surface area contributed by atoms with Crippen molar-refractivity contribution in [2.75, 3.05) is 7.05 Å². The average Bonchev–Trinajstić information content (AvgIpc) is 2.71. The number of nitrogens with zero attached hydrogens (tertiary/aromatic N) is 1. The van der Waals surface area contributed by atoms with Crippen molar-refractivity contribution in [3.8, 4) is 0 Å². The van der Waals surface area contributed by atoms with Crippen LogP contribution in [-0.2, 0) is 9.53 Å². The molecular weight excluding hydrogens is 266 g/mol. The van der Waals surface area contributed by atoms with E-state index in [9.17, 15) is 9.90 Å². The van der Waals surface area contributed by atoms with Crippen LogP contribution in [0.3, 0.4) is 0 Å². The second kappa shape index (κ2) is 5.78. The molecule has 3 rings (SSSR count). The van der Waals surface area contributed by atoms with Gasteiger partial charge in [0.1, 0.15) is 6.10 Å². The van der Waals surface area contributed by atoms with Crippen molar-refractivity contribution in [2.24, 2.45) is 5.92 Å². The number of fused-ring (bicyclic) bond motifs is 2. The Bertz CT molecular complexity index is 504. The molecule has 2 saturated heterocycles. The first-order valence-electron chi connectivity index (χ1n) is 7.70. The van der Waals surface area contributed by atoms with Gasteiger partial charge in [-0.15, -0.1) is 0 Å². The number of carbonyl (C=O) groups is 1. The smallest absolute Gasteiger partial charge is 0.302 e. The predicted molar refractivity (Wildman–Crippen MR) is 79.6 cm³/mol. The molecule has 0 saturated carbocycles. The summed E-state index contributed by atoms with van der Waals surface area (Å²) < 4.78 is 5.55. The number of hydrogen-bond acceptors (Lipinski definition) is 4. The second-order valence-corrected chi connectivity index (χ2v) is 6.28. The Morgan fingerprint density at radius 1 is 1.33 bits per heavy atom. The Labute approximate surface area is 125 Å². The van der Waals surface area contributed by atoms with Gasteiger partial charge in [0, 0.05) is 31.3 Å². The summed E-state index contributed by atoms with van der Waals surface area (Å²) in [5.74, 6) is -0.311. The summed E-state index contributed by atoms with van der Waals surface area (Å²) in [6.07, 6.45) is 2.22. The highest BCUT2D eigenvalue weighted by Gasteiger charge is 2.49. The van der Waals surface area contributed by atoms with Crippen LogP contribution in [0.1, 0.15) is 37.9 Å². The van der Waals surface area contributed by atoms with E-state index in [0.717, 1.165) is 24.8 Å². The molecule has 0 aliphatic carbocycles. The molecule has 2 unspecified atom stereocenters. The highest BCUT2D eigenvalue weighted by atomic mass is 16.5. The molecule has 0 spiro atoms. The van der Waals surface area contributed by atoms with Crippen LogP contribution >= 0.6 is 0 Å². The third-order valence-electron chi connectivity index (χ3n) is 5.10. The Hall–Kier alpha value is -1.39. The van der Waals surface area contributed by atoms with Gasteiger partial charge in [-0.05, 0) is 25.5 Å². The van der Waals surface area contributed by atoms with E-state index < -0.39 is 6.10 Å². The molecule has 5 atom stereocenters. The van der Waals surface area contributed by atoms with Crippen LogP contribution in [0.2, 0.25) is 0 Å². The van der Waals surface area contributed by atoms with Crippen molar-refractivity contribution in [1.29, 1.82) is 0 Å². The summed E-state index contributed by atoms with van der Waals surface area (Å²) in [5, 5.41) is 10.8. The minimum Gasteiger partial charge on any atom is -0.462 e. The highest BCUT2D eigenvalue weighted by Crippen LogP contribution is 2.44. The van der Waals surface area contributed by atoms with Crippen LogP contribution in [0, 0.1) is 5.92 Å². The fourth-order valence-corrected chi connectivity index (χ4v) is 4.09. The Morgan fingerprint density at radius 3 is 2.71 bits per heavy atom. The predicted octanol–water partition coefficient (Wildman–Crippen LogP) is 2.13. The van der Waals surface area contributed by atoms with Crippen molar-refractivity contribution < 1.29 is 14.6 Å². The minimum atomic E-state index is -0.595. The fourth-order valence-electron chi connectivity index (χ4n) is 4.09. The number of esters is 1. The molecule has 4 nitrogen and oxygen atoms in total. The first kappa shape index (κ1) is 14.5. The lowest BCUT2D eigenvalue weighted by Crippen LogP contribution is -2.52. The van der Waals surface area contributed by atoms with Crippen LogP contribution < -0.4 is 0 Å². The number of benzene rings is 1. The summed E-state index contributed by atoms with van der Waals surface area (Å²) in [5.41, 5.74) is 0.901. The third kappa shape index (κ3) is 2.70. The summed E-state index contributed by atoms with van der Waals surface area (Å²) in [7, 11) is 2.12. The van der Waals surface area contributed by atoms with E-state index in [0.29, 0.717) is 6.04 Å². The SMILES string of the molecule is CC(=O)O[C@@H]1C[C@@H]2CC[C@H](C1C(O)c1ccccc1)N2C. The van der Waals surface area contributed by atoms with Gasteiger partial charge >= 0.3 is 5.97 Å². The highest BCUT2D eigenvalue weighted by molar-refractivity contribution is 5.66. The van der Waals surface area contributed by atoms with E-state index in [-0.39, 0.29) is 24.0 Å². The van der Waals surface area contributed by atoms with Gasteiger partial charge in [-0.25, -0.2) is 0 Å². The van der Waals surface area contributed by atoms with Crippen molar-refractivity contribution in [3.05, 3.63) is 35.9 Å². The Morgan fingerprint density at radius 2 is 2.05 bits per heavy atom. The number of aliphatic hydroxyl groups excluding tert-OH is 1. The maximum atomic E-state index is 11.4. The zero-order chi connectivity index (χ0) is 15.0. The molecule has 21 heavy (non-hydrogen) atoms. The quantitative estimate of drug-likeness (QED) is 0.866. The first-order chi connectivity index (χ1) is 10.1. The summed E-state index contributed by atoms with van der Waals surface area (Å²) in [4.78, 5) is 13.8. The number of piperidine rings is 1. The van der Waals surface area contributed by atoms with Crippen LogP contribution in [0.4, 0.5) is 0 Å². The molecule has 0 radical (unpaired) electrons. The number of ether oxygens (including phenoxy) is 1. The normalized spacial score (nSPS) is 33.7. The number of aliphatic hydroxyl groups is 1. The monoisotopic (exact) mass is 289 g/mol. The topological polar surface area (TPSA) is 49.8 Å². The van der Waals surface area contributed by atoms with E-state index in [2.05, 4.69) is 11.9 Å². The molecule has 2 heterocycles. The second-order valence-electron chi connectivity index (χ2n) is 6.28. The number of rotatable bonds is 3. The van der Waals surface area contributed by atoms with Gasteiger partial charge in [0.15, 0.2) is 0 Å². The molecule has 1 aromatic carbocycles. The molecule has 2 fully saturated rings. The molecule has 4 heteroatoms. The summed E-state index contributed by atoms with van der Waals surface area (Å²) in [6, 6.07) is 10.4. The first-order valence-corrected chi connectivity index (χ1v) is 7.70. The van der Waals surface area contributed by atoms with Crippen molar-refractivity contribution in [1.82, 2.24) is 4.90 Å². The lowest BCUT2D eigenvalue weighted by molar-refractivity contribution is -0.159. The lowest BCUT2D eigenvalue weighted by Gasteiger charge is -2.44. The largest absolute Gasteiger partial charge is 0.462 e. The van der Waals surface area contributed by atoms with Gasteiger partial charge in [0.2, 0.25) is 0 Å². The van der Waals surface area contributed by atoms with Crippen LogP contribution in [-0.4, -0.2) is 41.2 Å². The lowest BCUT2D eigenvalue weighted by atomic mass is 9.80. The van der Waals surface area contributed by atoms with E-state index in [4.69, 9.17) is 4.74 Å². The van der Waals surface area contributed by atoms with Crippen LogP contribution in [0.5, 0.6) is 0 Å². The van der Waals surface area contributed by atoms with E-state index >= 15 is 0 Å². The molecule has 2 aliphatic rings. The minimum absolute atomic E-state index is 0.0555. The molecule has 0 amide bonds. The fraction of sp³-hybridized carbons (Fsp3) is 0.588. The third-order valence-corrected chi connectivity index (χ3v) is 5.10. The van der Waals surface area contributed by atoms with E-state index in [1.807, 2.05) is 30.3 Å². The average molecular weight is 289 g/mol. The van der Waals surface area contributed by atoms with Crippen LogP contribution in [0.25, 0.3) is 0 Å². The zero-order valence-electron chi connectivity index (χ0n) is 12.6. The maximum Gasteiger partial charge on any atom is 0.302 e. The van der Waals surface area contributed by atoms with Gasteiger partial charge in [0.25, 0.3) is 0 Å². The van der Waals surface area contributed by atoms with Crippen molar-refractivity contribution in [2.45, 2.75) is 50.5 Å². The van der Waals surface area contributed by atoms with Crippen LogP contribution in [0.15, 0.2) is 30.3 Å². The molecule has 114 valence electrons. The zero-order valence-corrected chi connectivity index (χ0v) is 12.6. The van der Waals surface area contributed by atoms with E-state index in [1.165, 1.54) is 6.92 Å². The molecular formula is C17H23NO3. The van der Waals surface area contributed by atoms with Gasteiger partial charge in [-0.1, -0.05) is 30.3 Å². The molecule has 1 N–H and O–H groups in total. The molecule has 1 aromatic rings.